The number of aryl methyl sites for hydroxylation is 1. The van der Waals surface area contributed by atoms with Gasteiger partial charge in [0.05, 0.1) is 0 Å². The molecule has 0 amide bonds. The van der Waals surface area contributed by atoms with Gasteiger partial charge < -0.3 is 0 Å². The predicted molar refractivity (Wildman–Crippen MR) is 64.3 cm³/mol. The molecule has 0 saturated carbocycles. The van der Waals surface area contributed by atoms with Crippen LogP contribution in [0.5, 0.6) is 0 Å². The summed E-state index contributed by atoms with van der Waals surface area (Å²) in [7, 11) is -4.11. The SMILES string of the molecule is CCOP(O)(O)(CC)c1cccc(C)c1. The Bertz CT molecular complexity index is 349. The van der Waals surface area contributed by atoms with Gasteiger partial charge in [0.25, 0.3) is 0 Å². The average Bonchev–Trinajstić information content (AvgIpc) is 2.18. The average molecular weight is 230 g/mol. The van der Waals surface area contributed by atoms with Gasteiger partial charge >= 0.3 is 90.3 Å². The molecule has 0 spiro atoms. The first-order valence-corrected chi connectivity index (χ1v) is 7.39. The fourth-order valence-corrected chi connectivity index (χ4v) is 3.62. The molecule has 3 nitrogen and oxygen atoms in total. The molecule has 0 aliphatic heterocycles. The molecule has 15 heavy (non-hydrogen) atoms. The Morgan fingerprint density at radius 2 is 1.93 bits per heavy atom. The summed E-state index contributed by atoms with van der Waals surface area (Å²) >= 11 is 0. The quantitative estimate of drug-likeness (QED) is 0.777. The molecule has 0 aliphatic rings. The van der Waals surface area contributed by atoms with Crippen molar-refractivity contribution >= 4 is 12.6 Å². The van der Waals surface area contributed by atoms with Crippen LogP contribution in [0.1, 0.15) is 19.4 Å². The van der Waals surface area contributed by atoms with E-state index in [-0.39, 0.29) is 6.16 Å². The second-order valence-electron chi connectivity index (χ2n) is 3.69. The molecule has 0 heterocycles. The van der Waals surface area contributed by atoms with Crippen molar-refractivity contribution in [3.8, 4) is 0 Å². The normalized spacial score (nSPS) is 14.6. The summed E-state index contributed by atoms with van der Waals surface area (Å²) < 4.78 is 5.25. The van der Waals surface area contributed by atoms with Crippen LogP contribution in [-0.4, -0.2) is 22.6 Å². The molecule has 0 fully saturated rings. The van der Waals surface area contributed by atoms with E-state index in [0.29, 0.717) is 11.9 Å². The molecule has 1 rings (SSSR count). The van der Waals surface area contributed by atoms with Crippen LogP contribution in [0, 0.1) is 6.92 Å². The Kier molecular flexibility index (Phi) is 3.51. The van der Waals surface area contributed by atoms with Crippen LogP contribution in [-0.2, 0) is 4.52 Å². The molecular formula is C11H19O3P. The first-order chi connectivity index (χ1) is 6.91. The van der Waals surface area contributed by atoms with Crippen molar-refractivity contribution in [3.05, 3.63) is 29.8 Å². The Morgan fingerprint density at radius 1 is 1.27 bits per heavy atom. The first kappa shape index (κ1) is 12.6. The van der Waals surface area contributed by atoms with Gasteiger partial charge in [0, 0.05) is 0 Å². The molecule has 0 bridgehead atoms. The third-order valence-electron chi connectivity index (χ3n) is 2.49. The van der Waals surface area contributed by atoms with Gasteiger partial charge in [0.15, 0.2) is 0 Å². The molecule has 0 atom stereocenters. The van der Waals surface area contributed by atoms with Crippen LogP contribution >= 0.6 is 7.28 Å². The van der Waals surface area contributed by atoms with Gasteiger partial charge in [0.2, 0.25) is 0 Å². The summed E-state index contributed by atoms with van der Waals surface area (Å²) in [6.07, 6.45) is 0.211. The minimum atomic E-state index is -4.11. The molecule has 0 aromatic heterocycles. The maximum atomic E-state index is 10.3. The van der Waals surface area contributed by atoms with Gasteiger partial charge in [-0.3, -0.25) is 0 Å². The Labute approximate surface area is 90.9 Å². The zero-order valence-corrected chi connectivity index (χ0v) is 10.4. The maximum absolute atomic E-state index is 10.3. The molecule has 2 N–H and O–H groups in total. The summed E-state index contributed by atoms with van der Waals surface area (Å²) in [5.41, 5.74) is 0.998. The minimum absolute atomic E-state index is 0.211. The van der Waals surface area contributed by atoms with E-state index in [4.69, 9.17) is 4.52 Å². The molecule has 0 aliphatic carbocycles. The monoisotopic (exact) mass is 230 g/mol. The van der Waals surface area contributed by atoms with E-state index in [1.54, 1.807) is 26.0 Å². The molecular weight excluding hydrogens is 211 g/mol. The van der Waals surface area contributed by atoms with Gasteiger partial charge in [-0.25, -0.2) is 0 Å². The van der Waals surface area contributed by atoms with Crippen LogP contribution in [0.15, 0.2) is 24.3 Å². The molecule has 4 heteroatoms. The van der Waals surface area contributed by atoms with E-state index in [0.717, 1.165) is 5.56 Å². The summed E-state index contributed by atoms with van der Waals surface area (Å²) in [4.78, 5) is 20.7. The summed E-state index contributed by atoms with van der Waals surface area (Å²) in [6, 6.07) is 7.22. The third kappa shape index (κ3) is 2.56. The summed E-state index contributed by atoms with van der Waals surface area (Å²) in [6.45, 7) is 5.71. The van der Waals surface area contributed by atoms with E-state index in [9.17, 15) is 9.79 Å². The third-order valence-corrected chi connectivity index (χ3v) is 5.75. The van der Waals surface area contributed by atoms with Crippen molar-refractivity contribution < 1.29 is 14.3 Å². The topological polar surface area (TPSA) is 49.7 Å². The van der Waals surface area contributed by atoms with Gasteiger partial charge in [0.1, 0.15) is 0 Å². The standard InChI is InChI=1S/C11H19O3P/c1-4-14-15(12,13,5-2)11-8-6-7-10(3)9-11/h6-9,12-13H,4-5H2,1-3H3. The van der Waals surface area contributed by atoms with Gasteiger partial charge in [-0.15, -0.1) is 0 Å². The van der Waals surface area contributed by atoms with Gasteiger partial charge in [-0.2, -0.15) is 0 Å². The molecule has 0 radical (unpaired) electrons. The predicted octanol–water partition coefficient (Wildman–Crippen LogP) is 1.96. The number of rotatable bonds is 4. The van der Waals surface area contributed by atoms with E-state index in [2.05, 4.69) is 0 Å². The van der Waals surface area contributed by atoms with E-state index < -0.39 is 7.28 Å². The zero-order chi connectivity index (χ0) is 11.6. The van der Waals surface area contributed by atoms with E-state index in [1.807, 2.05) is 19.1 Å². The van der Waals surface area contributed by atoms with Crippen LogP contribution in [0.25, 0.3) is 0 Å². The molecule has 0 saturated heterocycles. The van der Waals surface area contributed by atoms with Crippen molar-refractivity contribution in [2.45, 2.75) is 20.8 Å². The first-order valence-electron chi connectivity index (χ1n) is 5.15. The zero-order valence-electron chi connectivity index (χ0n) is 9.47. The number of hydrogen-bond acceptors (Lipinski definition) is 3. The van der Waals surface area contributed by atoms with E-state index >= 15 is 0 Å². The summed E-state index contributed by atoms with van der Waals surface area (Å²) in [5, 5.41) is 0.505. The Balaban J connectivity index is 3.22. The number of hydrogen-bond donors (Lipinski definition) is 2. The molecule has 86 valence electrons. The van der Waals surface area contributed by atoms with Gasteiger partial charge in [-0.05, 0) is 0 Å². The van der Waals surface area contributed by atoms with E-state index in [1.165, 1.54) is 0 Å². The van der Waals surface area contributed by atoms with Crippen LogP contribution in [0.3, 0.4) is 0 Å². The molecule has 0 unspecified atom stereocenters. The van der Waals surface area contributed by atoms with Crippen LogP contribution in [0.2, 0.25) is 0 Å². The molecule has 1 aromatic rings. The van der Waals surface area contributed by atoms with Crippen LogP contribution in [0.4, 0.5) is 0 Å². The van der Waals surface area contributed by atoms with Crippen LogP contribution < -0.4 is 5.30 Å². The van der Waals surface area contributed by atoms with Gasteiger partial charge in [-0.1, -0.05) is 0 Å². The second-order valence-corrected chi connectivity index (χ2v) is 7.32. The van der Waals surface area contributed by atoms with Crippen molar-refractivity contribution in [1.29, 1.82) is 0 Å². The summed E-state index contributed by atoms with van der Waals surface area (Å²) in [5.74, 6) is 0. The van der Waals surface area contributed by atoms with Crippen molar-refractivity contribution in [2.24, 2.45) is 0 Å². The van der Waals surface area contributed by atoms with Crippen molar-refractivity contribution in [3.63, 3.8) is 0 Å². The Morgan fingerprint density at radius 3 is 2.40 bits per heavy atom. The number of benzene rings is 1. The Hall–Kier alpha value is -0.470. The van der Waals surface area contributed by atoms with Crippen molar-refractivity contribution in [2.75, 3.05) is 12.8 Å². The fourth-order valence-electron chi connectivity index (χ4n) is 1.53. The molecule has 1 aromatic carbocycles. The fraction of sp³-hybridized carbons (Fsp3) is 0.455. The van der Waals surface area contributed by atoms with Crippen molar-refractivity contribution in [1.82, 2.24) is 0 Å². The second kappa shape index (κ2) is 4.18.